The zero-order valence-electron chi connectivity index (χ0n) is 8.82. The van der Waals surface area contributed by atoms with Crippen LogP contribution >= 0.6 is 0 Å². The highest BCUT2D eigenvalue weighted by molar-refractivity contribution is 5.45. The summed E-state index contributed by atoms with van der Waals surface area (Å²) in [6, 6.07) is 6.12. The second kappa shape index (κ2) is 4.51. The number of rotatable bonds is 4. The summed E-state index contributed by atoms with van der Waals surface area (Å²) in [5.74, 6) is 1.62. The van der Waals surface area contributed by atoms with Gasteiger partial charge in [0.05, 0.1) is 0 Å². The topological polar surface area (TPSA) is 56.5 Å². The molecule has 0 spiro atoms. The van der Waals surface area contributed by atoms with Crippen LogP contribution in [0.3, 0.4) is 0 Å². The Hall–Kier alpha value is -1.26. The van der Waals surface area contributed by atoms with Gasteiger partial charge in [-0.3, -0.25) is 0 Å². The minimum Gasteiger partial charge on any atom is -0.454 e. The number of hydrogen-bond acceptors (Lipinski definition) is 4. The molecule has 0 saturated heterocycles. The summed E-state index contributed by atoms with van der Waals surface area (Å²) in [5, 5.41) is 3.32. The van der Waals surface area contributed by atoms with Gasteiger partial charge < -0.3 is 20.5 Å². The van der Waals surface area contributed by atoms with Crippen molar-refractivity contribution < 1.29 is 9.47 Å². The van der Waals surface area contributed by atoms with Gasteiger partial charge in [-0.2, -0.15) is 0 Å². The van der Waals surface area contributed by atoms with Crippen LogP contribution in [0.2, 0.25) is 0 Å². The number of ether oxygens (including phenoxy) is 2. The molecule has 0 aromatic heterocycles. The molecule has 4 heteroatoms. The third kappa shape index (κ3) is 2.06. The average Bonchev–Trinajstić information content (AvgIpc) is 2.72. The summed E-state index contributed by atoms with van der Waals surface area (Å²) in [7, 11) is 0. The lowest BCUT2D eigenvalue weighted by Crippen LogP contribution is -2.27. The van der Waals surface area contributed by atoms with Crippen LogP contribution in [0.25, 0.3) is 0 Å². The first-order valence-corrected chi connectivity index (χ1v) is 5.18. The van der Waals surface area contributed by atoms with Crippen molar-refractivity contribution in [3.05, 3.63) is 23.8 Å². The van der Waals surface area contributed by atoms with Crippen molar-refractivity contribution in [1.29, 1.82) is 0 Å². The van der Waals surface area contributed by atoms with Crippen molar-refractivity contribution in [2.24, 2.45) is 5.73 Å². The van der Waals surface area contributed by atoms with E-state index in [-0.39, 0.29) is 6.04 Å². The van der Waals surface area contributed by atoms with Crippen LogP contribution in [0.5, 0.6) is 11.5 Å². The fourth-order valence-corrected chi connectivity index (χ4v) is 1.71. The molecule has 0 amide bonds. The van der Waals surface area contributed by atoms with Crippen LogP contribution in [0.15, 0.2) is 18.2 Å². The molecule has 15 heavy (non-hydrogen) atoms. The molecular weight excluding hydrogens is 192 g/mol. The van der Waals surface area contributed by atoms with Crippen LogP contribution in [-0.4, -0.2) is 19.9 Å². The lowest BCUT2D eigenvalue weighted by Gasteiger charge is -2.16. The van der Waals surface area contributed by atoms with E-state index in [4.69, 9.17) is 15.2 Å². The highest BCUT2D eigenvalue weighted by Crippen LogP contribution is 2.33. The average molecular weight is 208 g/mol. The van der Waals surface area contributed by atoms with Crippen LogP contribution in [0.1, 0.15) is 18.5 Å². The fraction of sp³-hybridized carbons (Fsp3) is 0.455. The fourth-order valence-electron chi connectivity index (χ4n) is 1.71. The van der Waals surface area contributed by atoms with E-state index in [0.29, 0.717) is 13.3 Å². The Morgan fingerprint density at radius 1 is 1.40 bits per heavy atom. The predicted octanol–water partition coefficient (Wildman–Crippen LogP) is 1.02. The molecule has 0 radical (unpaired) electrons. The SMILES string of the molecule is CCNC(CN)c1ccc2c(c1)OCO2. The Bertz CT molecular complexity index is 341. The maximum atomic E-state index is 5.70. The Balaban J connectivity index is 2.20. The van der Waals surface area contributed by atoms with Crippen molar-refractivity contribution in [2.45, 2.75) is 13.0 Å². The van der Waals surface area contributed by atoms with Gasteiger partial charge in [0.25, 0.3) is 0 Å². The van der Waals surface area contributed by atoms with Crippen LogP contribution in [0.4, 0.5) is 0 Å². The molecule has 0 fully saturated rings. The number of benzene rings is 1. The van der Waals surface area contributed by atoms with Crippen LogP contribution in [-0.2, 0) is 0 Å². The molecule has 0 bridgehead atoms. The van der Waals surface area contributed by atoms with E-state index in [1.807, 2.05) is 18.2 Å². The van der Waals surface area contributed by atoms with Gasteiger partial charge in [-0.15, -0.1) is 0 Å². The molecule has 1 aromatic carbocycles. The van der Waals surface area contributed by atoms with Crippen LogP contribution in [0, 0.1) is 0 Å². The molecule has 1 aromatic rings. The van der Waals surface area contributed by atoms with E-state index >= 15 is 0 Å². The van der Waals surface area contributed by atoms with Gasteiger partial charge in [0.1, 0.15) is 0 Å². The van der Waals surface area contributed by atoms with Crippen LogP contribution < -0.4 is 20.5 Å². The number of nitrogens with two attached hydrogens (primary N) is 1. The molecule has 1 unspecified atom stereocenters. The van der Waals surface area contributed by atoms with Gasteiger partial charge in [0.15, 0.2) is 11.5 Å². The largest absolute Gasteiger partial charge is 0.454 e. The van der Waals surface area contributed by atoms with E-state index in [2.05, 4.69) is 12.2 Å². The number of nitrogens with one attached hydrogen (secondary N) is 1. The molecule has 0 aliphatic carbocycles. The summed E-state index contributed by atoms with van der Waals surface area (Å²) in [6.07, 6.45) is 0. The maximum Gasteiger partial charge on any atom is 0.231 e. The first-order chi connectivity index (χ1) is 7.35. The monoisotopic (exact) mass is 208 g/mol. The molecule has 1 aliphatic heterocycles. The molecule has 2 rings (SSSR count). The van der Waals surface area contributed by atoms with Crippen molar-refractivity contribution in [3.8, 4) is 11.5 Å². The van der Waals surface area contributed by atoms with E-state index in [9.17, 15) is 0 Å². The molecule has 4 nitrogen and oxygen atoms in total. The van der Waals surface area contributed by atoms with Gasteiger partial charge in [-0.1, -0.05) is 13.0 Å². The Labute approximate surface area is 89.4 Å². The first kappa shape index (κ1) is 10.3. The van der Waals surface area contributed by atoms with E-state index in [1.165, 1.54) is 0 Å². The van der Waals surface area contributed by atoms with Gasteiger partial charge in [-0.25, -0.2) is 0 Å². The summed E-state index contributed by atoms with van der Waals surface area (Å²) >= 11 is 0. The molecule has 0 saturated carbocycles. The van der Waals surface area contributed by atoms with E-state index in [1.54, 1.807) is 0 Å². The van der Waals surface area contributed by atoms with Crippen molar-refractivity contribution in [3.63, 3.8) is 0 Å². The number of fused-ring (bicyclic) bond motifs is 1. The third-order valence-electron chi connectivity index (χ3n) is 2.49. The summed E-state index contributed by atoms with van der Waals surface area (Å²) in [6.45, 7) is 3.85. The summed E-state index contributed by atoms with van der Waals surface area (Å²) < 4.78 is 10.6. The Morgan fingerprint density at radius 3 is 2.93 bits per heavy atom. The highest BCUT2D eigenvalue weighted by Gasteiger charge is 2.16. The van der Waals surface area contributed by atoms with Crippen molar-refractivity contribution in [1.82, 2.24) is 5.32 Å². The Morgan fingerprint density at radius 2 is 2.20 bits per heavy atom. The minimum absolute atomic E-state index is 0.185. The maximum absolute atomic E-state index is 5.70. The molecule has 1 heterocycles. The molecule has 1 aliphatic rings. The normalized spacial score (nSPS) is 15.3. The number of likely N-dealkylation sites (N-methyl/N-ethyl adjacent to an activating group) is 1. The van der Waals surface area contributed by atoms with Gasteiger partial charge >= 0.3 is 0 Å². The summed E-state index contributed by atoms with van der Waals surface area (Å²) in [5.41, 5.74) is 6.84. The molecule has 3 N–H and O–H groups in total. The quantitative estimate of drug-likeness (QED) is 0.775. The smallest absolute Gasteiger partial charge is 0.231 e. The second-order valence-electron chi connectivity index (χ2n) is 3.46. The molecule has 82 valence electrons. The van der Waals surface area contributed by atoms with Gasteiger partial charge in [-0.05, 0) is 24.2 Å². The lowest BCUT2D eigenvalue weighted by molar-refractivity contribution is 0.174. The van der Waals surface area contributed by atoms with Gasteiger partial charge in [0.2, 0.25) is 6.79 Å². The standard InChI is InChI=1S/C11H16N2O2/c1-2-13-9(6-12)8-3-4-10-11(5-8)15-7-14-10/h3-5,9,13H,2,6-7,12H2,1H3. The van der Waals surface area contributed by atoms with E-state index in [0.717, 1.165) is 23.6 Å². The minimum atomic E-state index is 0.185. The zero-order chi connectivity index (χ0) is 10.7. The molecule has 1 atom stereocenters. The third-order valence-corrected chi connectivity index (χ3v) is 2.49. The van der Waals surface area contributed by atoms with Crippen molar-refractivity contribution in [2.75, 3.05) is 19.9 Å². The second-order valence-corrected chi connectivity index (χ2v) is 3.46. The summed E-state index contributed by atoms with van der Waals surface area (Å²) in [4.78, 5) is 0. The number of hydrogen-bond donors (Lipinski definition) is 2. The van der Waals surface area contributed by atoms with Crippen molar-refractivity contribution >= 4 is 0 Å². The predicted molar refractivity (Wildman–Crippen MR) is 58.0 cm³/mol. The zero-order valence-corrected chi connectivity index (χ0v) is 8.82. The molecular formula is C11H16N2O2. The lowest BCUT2D eigenvalue weighted by atomic mass is 10.1. The Kier molecular flexibility index (Phi) is 3.08. The first-order valence-electron chi connectivity index (χ1n) is 5.18. The highest BCUT2D eigenvalue weighted by atomic mass is 16.7. The van der Waals surface area contributed by atoms with Gasteiger partial charge in [0, 0.05) is 12.6 Å². The van der Waals surface area contributed by atoms with E-state index < -0.39 is 0 Å².